The molecule has 0 saturated heterocycles. The molecular weight excluding hydrogens is 606 g/mol. The van der Waals surface area contributed by atoms with Crippen LogP contribution >= 0.6 is 11.6 Å². The first-order valence-electron chi connectivity index (χ1n) is 15.0. The van der Waals surface area contributed by atoms with E-state index in [4.69, 9.17) is 11.6 Å². The Morgan fingerprint density at radius 2 is 1.44 bits per heavy atom. The number of hydrogen-bond acceptors (Lipinski definition) is 4. The van der Waals surface area contributed by atoms with E-state index in [-0.39, 0.29) is 29.7 Å². The summed E-state index contributed by atoms with van der Waals surface area (Å²) >= 11 is 6.15. The summed E-state index contributed by atoms with van der Waals surface area (Å²) in [5.74, 6) is -0.619. The van der Waals surface area contributed by atoms with Crippen molar-refractivity contribution < 1.29 is 18.0 Å². The van der Waals surface area contributed by atoms with Gasteiger partial charge < -0.3 is 10.2 Å². The highest BCUT2D eigenvalue weighted by Gasteiger charge is 2.35. The molecule has 7 nitrogen and oxygen atoms in total. The number of rotatable bonds is 13. The summed E-state index contributed by atoms with van der Waals surface area (Å²) in [6.07, 6.45) is 0.249. The summed E-state index contributed by atoms with van der Waals surface area (Å²) in [6.45, 7) is 7.76. The fourth-order valence-corrected chi connectivity index (χ4v) is 6.71. The van der Waals surface area contributed by atoms with Gasteiger partial charge in [-0.25, -0.2) is 8.42 Å². The predicted octanol–water partition coefficient (Wildman–Crippen LogP) is 6.56. The van der Waals surface area contributed by atoms with Crippen LogP contribution in [0.15, 0.2) is 108 Å². The number of amides is 2. The fourth-order valence-electron chi connectivity index (χ4n) is 5.08. The van der Waals surface area contributed by atoms with Gasteiger partial charge in [0.1, 0.15) is 12.6 Å². The molecule has 0 saturated carbocycles. The number of halogens is 1. The highest BCUT2D eigenvalue weighted by atomic mass is 35.5. The van der Waals surface area contributed by atoms with Crippen LogP contribution in [0.2, 0.25) is 5.02 Å². The fraction of sp³-hybridized carbons (Fsp3) is 0.278. The number of nitrogens with one attached hydrogen (secondary N) is 1. The summed E-state index contributed by atoms with van der Waals surface area (Å²) in [5, 5.41) is 3.55. The monoisotopic (exact) mass is 645 g/mol. The number of aryl methyl sites for hydroxylation is 2. The maximum atomic E-state index is 14.5. The van der Waals surface area contributed by atoms with Gasteiger partial charge in [-0.3, -0.25) is 13.9 Å². The lowest BCUT2D eigenvalue weighted by atomic mass is 10.0. The molecule has 4 rings (SSSR count). The quantitative estimate of drug-likeness (QED) is 0.178. The molecule has 9 heteroatoms. The Kier molecular flexibility index (Phi) is 11.4. The largest absolute Gasteiger partial charge is 0.354 e. The van der Waals surface area contributed by atoms with Gasteiger partial charge in [-0.05, 0) is 66.8 Å². The Hall–Kier alpha value is -4.14. The van der Waals surface area contributed by atoms with Crippen molar-refractivity contribution in [1.82, 2.24) is 10.2 Å². The normalized spacial score (nSPS) is 12.0. The lowest BCUT2D eigenvalue weighted by molar-refractivity contribution is -0.140. The van der Waals surface area contributed by atoms with Gasteiger partial charge in [0.15, 0.2) is 0 Å². The molecule has 0 aromatic heterocycles. The summed E-state index contributed by atoms with van der Waals surface area (Å²) < 4.78 is 29.5. The summed E-state index contributed by atoms with van der Waals surface area (Å²) in [5.41, 5.74) is 3.70. The zero-order valence-electron chi connectivity index (χ0n) is 26.1. The van der Waals surface area contributed by atoms with E-state index in [0.717, 1.165) is 21.0 Å². The van der Waals surface area contributed by atoms with Gasteiger partial charge in [0.05, 0.1) is 10.6 Å². The molecule has 1 atom stereocenters. The molecule has 0 unspecified atom stereocenters. The van der Waals surface area contributed by atoms with Gasteiger partial charge in [-0.15, -0.1) is 0 Å². The van der Waals surface area contributed by atoms with E-state index in [1.165, 1.54) is 17.0 Å². The van der Waals surface area contributed by atoms with E-state index < -0.39 is 28.5 Å². The smallest absolute Gasteiger partial charge is 0.264 e. The van der Waals surface area contributed by atoms with E-state index in [0.29, 0.717) is 22.8 Å². The van der Waals surface area contributed by atoms with Crippen LogP contribution in [0.5, 0.6) is 0 Å². The van der Waals surface area contributed by atoms with Gasteiger partial charge in [-0.2, -0.15) is 0 Å². The Bertz CT molecular complexity index is 1700. The Morgan fingerprint density at radius 1 is 0.822 bits per heavy atom. The van der Waals surface area contributed by atoms with Crippen molar-refractivity contribution in [3.05, 3.63) is 130 Å². The molecular formula is C36H40ClN3O4S. The van der Waals surface area contributed by atoms with Crippen molar-refractivity contribution >= 4 is 39.1 Å². The molecule has 0 spiro atoms. The summed E-state index contributed by atoms with van der Waals surface area (Å²) in [4.78, 5) is 29.9. The van der Waals surface area contributed by atoms with Crippen LogP contribution in [0.4, 0.5) is 5.69 Å². The van der Waals surface area contributed by atoms with Crippen LogP contribution in [0, 0.1) is 19.8 Å². The van der Waals surface area contributed by atoms with Gasteiger partial charge in [0, 0.05) is 24.5 Å². The van der Waals surface area contributed by atoms with Crippen LogP contribution in [0.25, 0.3) is 0 Å². The lowest BCUT2D eigenvalue weighted by Gasteiger charge is -2.34. The van der Waals surface area contributed by atoms with Crippen molar-refractivity contribution in [2.24, 2.45) is 5.92 Å². The number of benzene rings is 4. The minimum Gasteiger partial charge on any atom is -0.354 e. The molecule has 0 aliphatic carbocycles. The first kappa shape index (κ1) is 33.7. The summed E-state index contributed by atoms with van der Waals surface area (Å²) in [6, 6.07) is 29.1. The molecule has 1 N–H and O–H groups in total. The maximum absolute atomic E-state index is 14.5. The third-order valence-electron chi connectivity index (χ3n) is 7.45. The topological polar surface area (TPSA) is 86.8 Å². The molecule has 236 valence electrons. The molecule has 4 aromatic carbocycles. The van der Waals surface area contributed by atoms with E-state index in [1.54, 1.807) is 48.5 Å². The second-order valence-corrected chi connectivity index (χ2v) is 13.9. The van der Waals surface area contributed by atoms with Gasteiger partial charge in [-0.1, -0.05) is 104 Å². The van der Waals surface area contributed by atoms with Crippen LogP contribution in [0.3, 0.4) is 0 Å². The molecule has 0 bridgehead atoms. The van der Waals surface area contributed by atoms with Crippen LogP contribution in [-0.4, -0.2) is 44.3 Å². The predicted molar refractivity (Wildman–Crippen MR) is 181 cm³/mol. The second kappa shape index (κ2) is 15.2. The number of hydrogen-bond donors (Lipinski definition) is 1. The van der Waals surface area contributed by atoms with E-state index in [9.17, 15) is 18.0 Å². The first-order chi connectivity index (χ1) is 21.5. The lowest BCUT2D eigenvalue weighted by Crippen LogP contribution is -2.53. The highest BCUT2D eigenvalue weighted by Crippen LogP contribution is 2.28. The van der Waals surface area contributed by atoms with Crippen molar-refractivity contribution in [2.45, 2.75) is 51.6 Å². The SMILES string of the molecule is Cc1ccc(N(CC(=O)N(Cc2ccc(Cl)cc2)[C@H](Cc2ccccc2)C(=O)NCC(C)C)S(=O)(=O)c2ccccc2)c(C)c1. The van der Waals surface area contributed by atoms with Crippen molar-refractivity contribution in [3.63, 3.8) is 0 Å². The zero-order chi connectivity index (χ0) is 32.6. The van der Waals surface area contributed by atoms with Crippen LogP contribution in [-0.2, 0) is 32.6 Å². The Morgan fingerprint density at radius 3 is 2.04 bits per heavy atom. The standard InChI is InChI=1S/C36H40ClN3O4S/c1-26(2)23-38-36(42)34(22-29-11-7-5-8-12-29)39(24-30-16-18-31(37)19-17-30)35(41)25-40(33-20-15-27(3)21-28(33)4)45(43,44)32-13-9-6-10-14-32/h5-21,26,34H,22-25H2,1-4H3,(H,38,42)/t34-/m1/s1. The first-order valence-corrected chi connectivity index (χ1v) is 16.8. The van der Waals surface area contributed by atoms with E-state index in [1.807, 2.05) is 70.2 Å². The van der Waals surface area contributed by atoms with Crippen LogP contribution in [0.1, 0.15) is 36.1 Å². The van der Waals surface area contributed by atoms with Gasteiger partial charge in [0.25, 0.3) is 10.0 Å². The van der Waals surface area contributed by atoms with Crippen LogP contribution < -0.4 is 9.62 Å². The van der Waals surface area contributed by atoms with E-state index >= 15 is 0 Å². The average molecular weight is 646 g/mol. The third-order valence-corrected chi connectivity index (χ3v) is 9.48. The minimum atomic E-state index is -4.15. The van der Waals surface area contributed by atoms with Crippen molar-refractivity contribution in [3.8, 4) is 0 Å². The number of carbonyl (C=O) groups excluding carboxylic acids is 2. The minimum absolute atomic E-state index is 0.0672. The summed E-state index contributed by atoms with van der Waals surface area (Å²) in [7, 11) is -4.15. The molecule has 4 aromatic rings. The average Bonchev–Trinajstić information content (AvgIpc) is 3.02. The number of sulfonamides is 1. The molecule has 0 fully saturated rings. The number of carbonyl (C=O) groups is 2. The maximum Gasteiger partial charge on any atom is 0.264 e. The van der Waals surface area contributed by atoms with Crippen molar-refractivity contribution in [1.29, 1.82) is 0 Å². The van der Waals surface area contributed by atoms with Crippen molar-refractivity contribution in [2.75, 3.05) is 17.4 Å². The Balaban J connectivity index is 1.81. The molecule has 0 radical (unpaired) electrons. The number of anilines is 1. The van der Waals surface area contributed by atoms with Gasteiger partial charge in [0.2, 0.25) is 11.8 Å². The molecule has 2 amide bonds. The molecule has 45 heavy (non-hydrogen) atoms. The second-order valence-electron chi connectivity index (χ2n) is 11.6. The number of nitrogens with zero attached hydrogens (tertiary/aromatic N) is 2. The molecule has 0 aliphatic heterocycles. The Labute approximate surface area is 271 Å². The molecule has 0 aliphatic rings. The highest BCUT2D eigenvalue weighted by molar-refractivity contribution is 7.92. The van der Waals surface area contributed by atoms with Gasteiger partial charge >= 0.3 is 0 Å². The van der Waals surface area contributed by atoms with E-state index in [2.05, 4.69) is 5.32 Å². The molecule has 0 heterocycles. The third kappa shape index (κ3) is 8.96. The zero-order valence-corrected chi connectivity index (χ0v) is 27.7.